The van der Waals surface area contributed by atoms with Crippen LogP contribution in [-0.2, 0) is 0 Å². The molecule has 0 aliphatic carbocycles. The van der Waals surface area contributed by atoms with E-state index in [-0.39, 0.29) is 5.28 Å². The molecular formula is C19H22ClN3O2S. The summed E-state index contributed by atoms with van der Waals surface area (Å²) in [6.45, 7) is 3.09. The molecule has 1 aromatic carbocycles. The lowest BCUT2D eigenvalue weighted by atomic mass is 10.1. The molecule has 5 nitrogen and oxygen atoms in total. The van der Waals surface area contributed by atoms with E-state index in [4.69, 9.17) is 21.1 Å². The Morgan fingerprint density at radius 1 is 1.15 bits per heavy atom. The molecule has 7 heteroatoms. The van der Waals surface area contributed by atoms with E-state index in [9.17, 15) is 0 Å². The first-order chi connectivity index (χ1) is 12.6. The molecule has 0 radical (unpaired) electrons. The van der Waals surface area contributed by atoms with Crippen molar-refractivity contribution in [2.75, 3.05) is 32.7 Å². The van der Waals surface area contributed by atoms with Gasteiger partial charge in [-0.2, -0.15) is 4.98 Å². The molecule has 0 aliphatic heterocycles. The van der Waals surface area contributed by atoms with Crippen LogP contribution in [0.25, 0.3) is 21.3 Å². The van der Waals surface area contributed by atoms with E-state index in [2.05, 4.69) is 27.2 Å². The zero-order valence-electron chi connectivity index (χ0n) is 15.4. The van der Waals surface area contributed by atoms with E-state index in [1.807, 2.05) is 25.2 Å². The quantitative estimate of drug-likeness (QED) is 0.514. The second-order valence-corrected chi connectivity index (χ2v) is 7.19. The van der Waals surface area contributed by atoms with Gasteiger partial charge in [0.25, 0.3) is 0 Å². The van der Waals surface area contributed by atoms with Crippen molar-refractivity contribution in [3.8, 4) is 22.6 Å². The van der Waals surface area contributed by atoms with Gasteiger partial charge in [0.15, 0.2) is 11.5 Å². The molecule has 0 fully saturated rings. The molecule has 0 N–H and O–H groups in total. The topological polar surface area (TPSA) is 47.5 Å². The summed E-state index contributed by atoms with van der Waals surface area (Å²) in [6, 6.07) is 5.91. The maximum atomic E-state index is 6.17. The molecular weight excluding hydrogens is 370 g/mol. The zero-order valence-corrected chi connectivity index (χ0v) is 16.9. The van der Waals surface area contributed by atoms with Crippen molar-refractivity contribution < 1.29 is 9.47 Å². The number of thiophene rings is 1. The smallest absolute Gasteiger partial charge is 0.225 e. The Kier molecular flexibility index (Phi) is 5.84. The van der Waals surface area contributed by atoms with Crippen LogP contribution in [0.5, 0.6) is 11.5 Å². The fraction of sp³-hybridized carbons (Fsp3) is 0.368. The van der Waals surface area contributed by atoms with E-state index < -0.39 is 0 Å². The van der Waals surface area contributed by atoms with Gasteiger partial charge in [0.05, 0.1) is 19.6 Å². The number of hydrogen-bond acceptors (Lipinski definition) is 6. The molecule has 0 saturated heterocycles. The molecule has 0 atom stereocenters. The number of aromatic nitrogens is 2. The highest BCUT2D eigenvalue weighted by Crippen LogP contribution is 2.41. The number of rotatable bonds is 7. The maximum Gasteiger partial charge on any atom is 0.225 e. The molecule has 2 heterocycles. The van der Waals surface area contributed by atoms with Crippen molar-refractivity contribution in [2.45, 2.75) is 19.8 Å². The van der Waals surface area contributed by atoms with Crippen LogP contribution in [0, 0.1) is 0 Å². The van der Waals surface area contributed by atoms with E-state index in [0.29, 0.717) is 11.5 Å². The standard InChI is InChI=1S/C19H22ClN3O2S/c1-5-6-9-23(2)17-16-13(11-26-18(16)22-19(20)21-17)12-7-8-14(24-3)15(10-12)25-4/h7-8,10-11H,5-6,9H2,1-4H3. The van der Waals surface area contributed by atoms with Crippen LogP contribution in [-0.4, -0.2) is 37.8 Å². The number of hydrogen-bond donors (Lipinski definition) is 0. The van der Waals surface area contributed by atoms with Gasteiger partial charge in [-0.25, -0.2) is 4.98 Å². The lowest BCUT2D eigenvalue weighted by Gasteiger charge is -2.19. The Labute approximate surface area is 162 Å². The molecule has 0 amide bonds. The minimum absolute atomic E-state index is 0.275. The highest BCUT2D eigenvalue weighted by atomic mass is 35.5. The monoisotopic (exact) mass is 391 g/mol. The van der Waals surface area contributed by atoms with Gasteiger partial charge < -0.3 is 14.4 Å². The zero-order chi connectivity index (χ0) is 18.7. The van der Waals surface area contributed by atoms with Crippen molar-refractivity contribution >= 4 is 39.0 Å². The summed E-state index contributed by atoms with van der Waals surface area (Å²) in [7, 11) is 5.32. The van der Waals surface area contributed by atoms with Crippen molar-refractivity contribution in [1.82, 2.24) is 9.97 Å². The van der Waals surface area contributed by atoms with Crippen LogP contribution in [0.2, 0.25) is 5.28 Å². The second-order valence-electron chi connectivity index (χ2n) is 5.99. The average Bonchev–Trinajstić information content (AvgIpc) is 3.08. The molecule has 138 valence electrons. The van der Waals surface area contributed by atoms with Gasteiger partial charge in [-0.1, -0.05) is 19.4 Å². The first-order valence-electron chi connectivity index (χ1n) is 8.47. The third-order valence-electron chi connectivity index (χ3n) is 4.29. The average molecular weight is 392 g/mol. The predicted molar refractivity (Wildman–Crippen MR) is 109 cm³/mol. The van der Waals surface area contributed by atoms with E-state index in [1.54, 1.807) is 25.6 Å². The van der Waals surface area contributed by atoms with Crippen LogP contribution in [0.15, 0.2) is 23.6 Å². The van der Waals surface area contributed by atoms with Crippen LogP contribution in [0.4, 0.5) is 5.82 Å². The number of halogens is 1. The van der Waals surface area contributed by atoms with E-state index in [0.717, 1.165) is 46.5 Å². The fourth-order valence-electron chi connectivity index (χ4n) is 2.89. The van der Waals surface area contributed by atoms with Crippen LogP contribution >= 0.6 is 22.9 Å². The van der Waals surface area contributed by atoms with Crippen LogP contribution in [0.3, 0.4) is 0 Å². The Morgan fingerprint density at radius 3 is 2.62 bits per heavy atom. The van der Waals surface area contributed by atoms with Gasteiger partial charge >= 0.3 is 0 Å². The SMILES string of the molecule is CCCCN(C)c1nc(Cl)nc2scc(-c3ccc(OC)c(OC)c3)c12. The van der Waals surface area contributed by atoms with E-state index in [1.165, 1.54) is 0 Å². The van der Waals surface area contributed by atoms with Crippen LogP contribution < -0.4 is 14.4 Å². The van der Waals surface area contributed by atoms with Gasteiger partial charge in [-0.3, -0.25) is 0 Å². The van der Waals surface area contributed by atoms with Crippen molar-refractivity contribution in [2.24, 2.45) is 0 Å². The Hall–Kier alpha value is -2.05. The maximum absolute atomic E-state index is 6.17. The van der Waals surface area contributed by atoms with Gasteiger partial charge in [-0.15, -0.1) is 11.3 Å². The number of nitrogens with zero attached hydrogens (tertiary/aromatic N) is 3. The Bertz CT molecular complexity index is 913. The fourth-order valence-corrected chi connectivity index (χ4v) is 4.05. The summed E-state index contributed by atoms with van der Waals surface area (Å²) >= 11 is 7.73. The molecule has 0 spiro atoms. The number of ether oxygens (including phenoxy) is 2. The summed E-state index contributed by atoms with van der Waals surface area (Å²) in [5.41, 5.74) is 2.10. The van der Waals surface area contributed by atoms with E-state index >= 15 is 0 Å². The summed E-state index contributed by atoms with van der Waals surface area (Å²) in [4.78, 5) is 12.0. The molecule has 0 bridgehead atoms. The minimum atomic E-state index is 0.275. The summed E-state index contributed by atoms with van der Waals surface area (Å²) < 4.78 is 10.8. The summed E-state index contributed by atoms with van der Waals surface area (Å²) in [5.74, 6) is 2.26. The predicted octanol–water partition coefficient (Wildman–Crippen LogP) is 5.27. The number of benzene rings is 1. The van der Waals surface area contributed by atoms with Gasteiger partial charge in [-0.05, 0) is 35.7 Å². The first kappa shape index (κ1) is 18.7. The molecule has 3 rings (SSSR count). The molecule has 2 aromatic heterocycles. The number of unbranched alkanes of at least 4 members (excludes halogenated alkanes) is 1. The second kappa shape index (κ2) is 8.10. The summed E-state index contributed by atoms with van der Waals surface area (Å²) in [5, 5.41) is 3.38. The largest absolute Gasteiger partial charge is 0.493 e. The Balaban J connectivity index is 2.15. The third kappa shape index (κ3) is 3.57. The number of methoxy groups -OCH3 is 2. The van der Waals surface area contributed by atoms with Crippen LogP contribution in [0.1, 0.15) is 19.8 Å². The highest BCUT2D eigenvalue weighted by Gasteiger charge is 2.18. The number of anilines is 1. The minimum Gasteiger partial charge on any atom is -0.493 e. The highest BCUT2D eigenvalue weighted by molar-refractivity contribution is 7.17. The van der Waals surface area contributed by atoms with Gasteiger partial charge in [0.2, 0.25) is 5.28 Å². The van der Waals surface area contributed by atoms with Gasteiger partial charge in [0.1, 0.15) is 10.6 Å². The Morgan fingerprint density at radius 2 is 1.92 bits per heavy atom. The lowest BCUT2D eigenvalue weighted by Crippen LogP contribution is -2.20. The van der Waals surface area contributed by atoms with Gasteiger partial charge in [0, 0.05) is 24.5 Å². The molecule has 0 aliphatic rings. The molecule has 3 aromatic rings. The summed E-state index contributed by atoms with van der Waals surface area (Å²) in [6.07, 6.45) is 2.22. The third-order valence-corrected chi connectivity index (χ3v) is 5.33. The molecule has 26 heavy (non-hydrogen) atoms. The molecule has 0 unspecified atom stereocenters. The first-order valence-corrected chi connectivity index (χ1v) is 9.73. The number of fused-ring (bicyclic) bond motifs is 1. The lowest BCUT2D eigenvalue weighted by molar-refractivity contribution is 0.355. The normalized spacial score (nSPS) is 11.0. The van der Waals surface area contributed by atoms with Crippen molar-refractivity contribution in [1.29, 1.82) is 0 Å². The van der Waals surface area contributed by atoms with Crippen molar-refractivity contribution in [3.63, 3.8) is 0 Å². The molecule has 0 saturated carbocycles. The van der Waals surface area contributed by atoms with Crippen molar-refractivity contribution in [3.05, 3.63) is 28.9 Å².